The number of carbonyl (C=O) groups is 2. The Kier molecular flexibility index (Phi) is 6.21. The highest BCUT2D eigenvalue weighted by molar-refractivity contribution is 6.33. The number of hydrogen-bond acceptors (Lipinski definition) is 4. The van der Waals surface area contributed by atoms with Crippen molar-refractivity contribution in [3.05, 3.63) is 58.6 Å². The van der Waals surface area contributed by atoms with Crippen LogP contribution in [0.1, 0.15) is 27.6 Å². The quantitative estimate of drug-likeness (QED) is 0.616. The van der Waals surface area contributed by atoms with Crippen molar-refractivity contribution in [2.75, 3.05) is 20.3 Å². The van der Waals surface area contributed by atoms with Crippen LogP contribution in [0.2, 0.25) is 5.02 Å². The fourth-order valence-corrected chi connectivity index (χ4v) is 2.33. The maximum atomic E-state index is 12.0. The highest BCUT2D eigenvalue weighted by Crippen LogP contribution is 2.25. The predicted molar refractivity (Wildman–Crippen MR) is 92.3 cm³/mol. The lowest BCUT2D eigenvalue weighted by Gasteiger charge is -2.12. The SMILES string of the molecule is COc1ccc(C(C)=O)c(OCCNC(=O)c2ccccc2Cl)c1. The molecule has 0 aromatic heterocycles. The van der Waals surface area contributed by atoms with Crippen molar-refractivity contribution in [1.82, 2.24) is 5.32 Å². The fraction of sp³-hybridized carbons (Fsp3) is 0.222. The largest absolute Gasteiger partial charge is 0.497 e. The van der Waals surface area contributed by atoms with Gasteiger partial charge in [-0.3, -0.25) is 9.59 Å². The molecule has 0 atom stereocenters. The van der Waals surface area contributed by atoms with Gasteiger partial charge in [0.05, 0.1) is 29.8 Å². The van der Waals surface area contributed by atoms with E-state index in [0.717, 1.165) is 0 Å². The maximum absolute atomic E-state index is 12.0. The van der Waals surface area contributed by atoms with Crippen LogP contribution in [-0.4, -0.2) is 32.0 Å². The zero-order valence-electron chi connectivity index (χ0n) is 13.5. The molecule has 2 rings (SSSR count). The van der Waals surface area contributed by atoms with Gasteiger partial charge in [0.15, 0.2) is 5.78 Å². The predicted octanol–water partition coefficient (Wildman–Crippen LogP) is 3.36. The van der Waals surface area contributed by atoms with Crippen LogP contribution >= 0.6 is 11.6 Å². The maximum Gasteiger partial charge on any atom is 0.252 e. The van der Waals surface area contributed by atoms with Crippen molar-refractivity contribution >= 4 is 23.3 Å². The first-order valence-corrected chi connectivity index (χ1v) is 7.75. The van der Waals surface area contributed by atoms with E-state index in [9.17, 15) is 9.59 Å². The van der Waals surface area contributed by atoms with Gasteiger partial charge in [-0.2, -0.15) is 0 Å². The Morgan fingerprint density at radius 2 is 1.88 bits per heavy atom. The molecule has 0 bridgehead atoms. The first kappa shape index (κ1) is 17.8. The summed E-state index contributed by atoms with van der Waals surface area (Å²) in [5.74, 6) is 0.637. The molecule has 0 aliphatic heterocycles. The van der Waals surface area contributed by atoms with Crippen molar-refractivity contribution in [3.8, 4) is 11.5 Å². The molecule has 1 amide bonds. The first-order chi connectivity index (χ1) is 11.5. The Hall–Kier alpha value is -2.53. The van der Waals surface area contributed by atoms with E-state index in [0.29, 0.717) is 27.6 Å². The van der Waals surface area contributed by atoms with Crippen molar-refractivity contribution in [2.45, 2.75) is 6.92 Å². The highest BCUT2D eigenvalue weighted by atomic mass is 35.5. The molecule has 2 aromatic rings. The Bertz CT molecular complexity index is 746. The smallest absolute Gasteiger partial charge is 0.252 e. The molecule has 6 heteroatoms. The number of ether oxygens (including phenoxy) is 2. The van der Waals surface area contributed by atoms with Crippen LogP contribution in [0.25, 0.3) is 0 Å². The third kappa shape index (κ3) is 4.49. The van der Waals surface area contributed by atoms with Crippen LogP contribution in [-0.2, 0) is 0 Å². The number of nitrogens with one attached hydrogen (secondary N) is 1. The Morgan fingerprint density at radius 1 is 1.12 bits per heavy atom. The second-order valence-corrected chi connectivity index (χ2v) is 5.41. The molecule has 0 saturated heterocycles. The van der Waals surface area contributed by atoms with Gasteiger partial charge < -0.3 is 14.8 Å². The Labute approximate surface area is 145 Å². The second-order valence-electron chi connectivity index (χ2n) is 5.00. The van der Waals surface area contributed by atoms with Gasteiger partial charge in [0.2, 0.25) is 0 Å². The molecule has 0 radical (unpaired) electrons. The number of rotatable bonds is 7. The molecule has 2 aromatic carbocycles. The van der Waals surface area contributed by atoms with Gasteiger partial charge in [-0.1, -0.05) is 23.7 Å². The zero-order valence-corrected chi connectivity index (χ0v) is 14.2. The number of ketones is 1. The van der Waals surface area contributed by atoms with Crippen molar-refractivity contribution in [1.29, 1.82) is 0 Å². The van der Waals surface area contributed by atoms with Crippen molar-refractivity contribution in [3.63, 3.8) is 0 Å². The van der Waals surface area contributed by atoms with Crippen LogP contribution in [0.15, 0.2) is 42.5 Å². The van der Waals surface area contributed by atoms with Crippen molar-refractivity contribution < 1.29 is 19.1 Å². The number of halogens is 1. The van der Waals surface area contributed by atoms with E-state index in [1.807, 2.05) is 0 Å². The topological polar surface area (TPSA) is 64.6 Å². The van der Waals surface area contributed by atoms with E-state index in [-0.39, 0.29) is 24.8 Å². The van der Waals surface area contributed by atoms with Gasteiger partial charge in [0.1, 0.15) is 18.1 Å². The molecule has 0 aliphatic carbocycles. The molecule has 126 valence electrons. The van der Waals surface area contributed by atoms with Gasteiger partial charge >= 0.3 is 0 Å². The average Bonchev–Trinajstić information content (AvgIpc) is 2.58. The minimum absolute atomic E-state index is 0.104. The second kappa shape index (κ2) is 8.36. The van der Waals surface area contributed by atoms with Gasteiger partial charge in [-0.05, 0) is 31.2 Å². The molecule has 0 fully saturated rings. The lowest BCUT2D eigenvalue weighted by atomic mass is 10.1. The summed E-state index contributed by atoms with van der Waals surface area (Å²) < 4.78 is 10.7. The summed E-state index contributed by atoms with van der Waals surface area (Å²) in [5, 5.41) is 3.11. The molecule has 0 aliphatic rings. The fourth-order valence-electron chi connectivity index (χ4n) is 2.11. The van der Waals surface area contributed by atoms with E-state index >= 15 is 0 Å². The highest BCUT2D eigenvalue weighted by Gasteiger charge is 2.11. The molecule has 0 spiro atoms. The third-order valence-electron chi connectivity index (χ3n) is 3.33. The monoisotopic (exact) mass is 347 g/mol. The number of hydrogen-bond donors (Lipinski definition) is 1. The van der Waals surface area contributed by atoms with Gasteiger partial charge in [-0.15, -0.1) is 0 Å². The van der Waals surface area contributed by atoms with E-state index in [2.05, 4.69) is 5.32 Å². The van der Waals surface area contributed by atoms with E-state index < -0.39 is 0 Å². The van der Waals surface area contributed by atoms with Crippen LogP contribution in [0.4, 0.5) is 0 Å². The van der Waals surface area contributed by atoms with Crippen molar-refractivity contribution in [2.24, 2.45) is 0 Å². The number of Topliss-reactive ketones (excluding diaryl/α,β-unsaturated/α-hetero) is 1. The lowest BCUT2D eigenvalue weighted by Crippen LogP contribution is -2.28. The number of benzene rings is 2. The summed E-state index contributed by atoms with van der Waals surface area (Å²) in [7, 11) is 1.54. The number of methoxy groups -OCH3 is 1. The molecule has 24 heavy (non-hydrogen) atoms. The molecule has 1 N–H and O–H groups in total. The average molecular weight is 348 g/mol. The first-order valence-electron chi connectivity index (χ1n) is 7.37. The lowest BCUT2D eigenvalue weighted by molar-refractivity contribution is 0.0943. The zero-order chi connectivity index (χ0) is 17.5. The minimum atomic E-state index is -0.276. The summed E-state index contributed by atoms with van der Waals surface area (Å²) >= 11 is 5.97. The van der Waals surface area contributed by atoms with Gasteiger partial charge in [-0.25, -0.2) is 0 Å². The van der Waals surface area contributed by atoms with E-state index in [4.69, 9.17) is 21.1 Å². The summed E-state index contributed by atoms with van der Waals surface area (Å²) in [4.78, 5) is 23.7. The molecular formula is C18H18ClNO4. The molecule has 0 heterocycles. The molecular weight excluding hydrogens is 330 g/mol. The summed E-state index contributed by atoms with van der Waals surface area (Å²) in [5.41, 5.74) is 0.873. The van der Waals surface area contributed by atoms with Crippen LogP contribution in [0.5, 0.6) is 11.5 Å². The Morgan fingerprint density at radius 3 is 2.54 bits per heavy atom. The van der Waals surface area contributed by atoms with Gasteiger partial charge in [0, 0.05) is 6.07 Å². The minimum Gasteiger partial charge on any atom is -0.497 e. The normalized spacial score (nSPS) is 10.1. The Balaban J connectivity index is 1.94. The molecule has 0 unspecified atom stereocenters. The van der Waals surface area contributed by atoms with Crippen LogP contribution < -0.4 is 14.8 Å². The molecule has 0 saturated carbocycles. The van der Waals surface area contributed by atoms with E-state index in [1.54, 1.807) is 42.5 Å². The summed E-state index contributed by atoms with van der Waals surface area (Å²) in [6.45, 7) is 1.95. The van der Waals surface area contributed by atoms with Gasteiger partial charge in [0.25, 0.3) is 5.91 Å². The third-order valence-corrected chi connectivity index (χ3v) is 3.66. The summed E-state index contributed by atoms with van der Waals surface area (Å²) in [6, 6.07) is 11.8. The molecule has 5 nitrogen and oxygen atoms in total. The van der Waals surface area contributed by atoms with Crippen LogP contribution in [0.3, 0.4) is 0 Å². The number of carbonyl (C=O) groups excluding carboxylic acids is 2. The standard InChI is InChI=1S/C18H18ClNO4/c1-12(21)14-8-7-13(23-2)11-17(14)24-10-9-20-18(22)15-5-3-4-6-16(15)19/h3-8,11H,9-10H2,1-2H3,(H,20,22). The van der Waals surface area contributed by atoms with E-state index in [1.165, 1.54) is 14.0 Å². The summed E-state index contributed by atoms with van der Waals surface area (Å²) in [6.07, 6.45) is 0. The number of amides is 1. The van der Waals surface area contributed by atoms with Crippen LogP contribution in [0, 0.1) is 0 Å².